The molecule has 2 nitrogen and oxygen atoms in total. The summed E-state index contributed by atoms with van der Waals surface area (Å²) < 4.78 is 5.51. The van der Waals surface area contributed by atoms with Gasteiger partial charge >= 0.3 is 5.97 Å². The number of hydrogen-bond donors (Lipinski definition) is 0. The van der Waals surface area contributed by atoms with Crippen LogP contribution in [-0.2, 0) is 9.53 Å². The van der Waals surface area contributed by atoms with E-state index in [1.165, 1.54) is 302 Å². The van der Waals surface area contributed by atoms with E-state index in [0.717, 1.165) is 12.8 Å². The number of hydrogen-bond acceptors (Lipinski definition) is 2. The van der Waals surface area contributed by atoms with Crippen LogP contribution in [0.1, 0.15) is 335 Å². The van der Waals surface area contributed by atoms with Crippen molar-refractivity contribution in [2.24, 2.45) is 0 Å². The van der Waals surface area contributed by atoms with Gasteiger partial charge < -0.3 is 4.74 Å². The van der Waals surface area contributed by atoms with Crippen LogP contribution in [0.4, 0.5) is 0 Å². The average Bonchev–Trinajstić information content (AvgIpc) is 3.20. The Morgan fingerprint density at radius 3 is 0.589 bits per heavy atom. The van der Waals surface area contributed by atoms with Crippen LogP contribution in [0.25, 0.3) is 0 Å². The molecule has 336 valence electrons. The van der Waals surface area contributed by atoms with Crippen LogP contribution in [0.2, 0.25) is 0 Å². The van der Waals surface area contributed by atoms with Gasteiger partial charge in [-0.05, 0) is 12.8 Å². The Bertz CT molecular complexity index is 632. The van der Waals surface area contributed by atoms with Gasteiger partial charge in [0, 0.05) is 6.42 Å². The largest absolute Gasteiger partial charge is 0.466 e. The number of esters is 1. The first-order valence-electron chi connectivity index (χ1n) is 27.0. The molecule has 0 amide bonds. The van der Waals surface area contributed by atoms with Crippen molar-refractivity contribution in [2.75, 3.05) is 6.61 Å². The van der Waals surface area contributed by atoms with Crippen molar-refractivity contribution in [1.82, 2.24) is 0 Å². The highest BCUT2D eigenvalue weighted by Gasteiger charge is 2.03. The molecule has 0 bridgehead atoms. The highest BCUT2D eigenvalue weighted by atomic mass is 16.5. The van der Waals surface area contributed by atoms with Crippen LogP contribution in [0.5, 0.6) is 0 Å². The van der Waals surface area contributed by atoms with E-state index in [-0.39, 0.29) is 5.97 Å². The summed E-state index contributed by atoms with van der Waals surface area (Å²) in [5.74, 6) is 0.0353. The monoisotopic (exact) mass is 789 g/mol. The van der Waals surface area contributed by atoms with Gasteiger partial charge in [-0.2, -0.15) is 0 Å². The SMILES string of the molecule is CCCCCCCCCCCCCCCCCCCCCCCCCCCC(=O)OCCCCCCCCCCCCCCCCCCCCCCCCCC. The highest BCUT2D eigenvalue weighted by molar-refractivity contribution is 5.69. The van der Waals surface area contributed by atoms with Crippen molar-refractivity contribution >= 4 is 5.97 Å². The van der Waals surface area contributed by atoms with Gasteiger partial charge in [-0.3, -0.25) is 4.79 Å². The summed E-state index contributed by atoms with van der Waals surface area (Å²) in [6.07, 6.45) is 69.8. The quantitative estimate of drug-likeness (QED) is 0.0453. The number of carbonyl (C=O) groups excluding carboxylic acids is 1. The van der Waals surface area contributed by atoms with E-state index in [4.69, 9.17) is 4.74 Å². The molecular weight excluding hydrogens is 681 g/mol. The van der Waals surface area contributed by atoms with Gasteiger partial charge in [-0.25, -0.2) is 0 Å². The third-order valence-electron chi connectivity index (χ3n) is 12.7. The molecule has 0 aromatic heterocycles. The Kier molecular flexibility index (Phi) is 52.0. The van der Waals surface area contributed by atoms with Crippen LogP contribution >= 0.6 is 0 Å². The normalized spacial score (nSPS) is 11.5. The van der Waals surface area contributed by atoms with Crippen LogP contribution in [0.15, 0.2) is 0 Å². The van der Waals surface area contributed by atoms with Crippen LogP contribution in [0, 0.1) is 0 Å². The molecule has 0 atom stereocenters. The lowest BCUT2D eigenvalue weighted by Gasteiger charge is -2.06. The van der Waals surface area contributed by atoms with E-state index in [9.17, 15) is 4.79 Å². The summed E-state index contributed by atoms with van der Waals surface area (Å²) >= 11 is 0. The minimum atomic E-state index is 0.0353. The predicted molar refractivity (Wildman–Crippen MR) is 253 cm³/mol. The molecule has 0 spiro atoms. The molecule has 2 heteroatoms. The molecule has 0 rings (SSSR count). The Morgan fingerprint density at radius 2 is 0.393 bits per heavy atom. The average molecular weight is 789 g/mol. The molecule has 56 heavy (non-hydrogen) atoms. The molecule has 0 aliphatic rings. The van der Waals surface area contributed by atoms with Crippen molar-refractivity contribution in [3.05, 3.63) is 0 Å². The number of rotatable bonds is 51. The van der Waals surface area contributed by atoms with Crippen molar-refractivity contribution in [3.63, 3.8) is 0 Å². The van der Waals surface area contributed by atoms with Crippen molar-refractivity contribution < 1.29 is 9.53 Å². The molecule has 0 radical (unpaired) electrons. The maximum absolute atomic E-state index is 12.1. The molecule has 0 saturated carbocycles. The van der Waals surface area contributed by atoms with Gasteiger partial charge in [0.2, 0.25) is 0 Å². The number of unbranched alkanes of at least 4 members (excludes halogenated alkanes) is 47. The third-order valence-corrected chi connectivity index (χ3v) is 12.7. The van der Waals surface area contributed by atoms with Crippen molar-refractivity contribution in [1.29, 1.82) is 0 Å². The van der Waals surface area contributed by atoms with Crippen LogP contribution in [0.3, 0.4) is 0 Å². The van der Waals surface area contributed by atoms with Crippen LogP contribution < -0.4 is 0 Å². The molecule has 0 heterocycles. The standard InChI is InChI=1S/C54H108O2/c1-3-5-7-9-11-13-15-17-19-21-23-25-27-29-30-32-34-36-38-40-42-44-46-48-50-52-54(55)56-53-51-49-47-45-43-41-39-37-35-33-31-28-26-24-22-20-18-16-14-12-10-8-6-4-2/h3-53H2,1-2H3. The third kappa shape index (κ3) is 51.5. The molecule has 0 fully saturated rings. The second-order valence-corrected chi connectivity index (χ2v) is 18.6. The van der Waals surface area contributed by atoms with Gasteiger partial charge in [0.25, 0.3) is 0 Å². The fraction of sp³-hybridized carbons (Fsp3) is 0.981. The molecule has 0 aromatic carbocycles. The first kappa shape index (κ1) is 55.5. The first-order chi connectivity index (χ1) is 27.8. The van der Waals surface area contributed by atoms with E-state index >= 15 is 0 Å². The molecule has 0 unspecified atom stereocenters. The minimum absolute atomic E-state index is 0.0353. The minimum Gasteiger partial charge on any atom is -0.466 e. The lowest BCUT2D eigenvalue weighted by Crippen LogP contribution is -2.05. The highest BCUT2D eigenvalue weighted by Crippen LogP contribution is 2.18. The number of ether oxygens (including phenoxy) is 1. The summed E-state index contributed by atoms with van der Waals surface area (Å²) in [4.78, 5) is 12.1. The molecule has 0 aromatic rings. The topological polar surface area (TPSA) is 26.3 Å². The maximum Gasteiger partial charge on any atom is 0.305 e. The lowest BCUT2D eigenvalue weighted by molar-refractivity contribution is -0.143. The van der Waals surface area contributed by atoms with Crippen molar-refractivity contribution in [3.8, 4) is 0 Å². The van der Waals surface area contributed by atoms with E-state index in [2.05, 4.69) is 13.8 Å². The van der Waals surface area contributed by atoms with E-state index in [0.29, 0.717) is 13.0 Å². The van der Waals surface area contributed by atoms with Crippen molar-refractivity contribution in [2.45, 2.75) is 335 Å². The van der Waals surface area contributed by atoms with Gasteiger partial charge in [-0.1, -0.05) is 316 Å². The van der Waals surface area contributed by atoms with Crippen LogP contribution in [-0.4, -0.2) is 12.6 Å². The lowest BCUT2D eigenvalue weighted by atomic mass is 10.0. The van der Waals surface area contributed by atoms with Gasteiger partial charge in [0.1, 0.15) is 0 Å². The Labute approximate surface area is 355 Å². The second-order valence-electron chi connectivity index (χ2n) is 18.6. The van der Waals surface area contributed by atoms with Gasteiger partial charge in [0.15, 0.2) is 0 Å². The first-order valence-corrected chi connectivity index (χ1v) is 27.0. The Balaban J connectivity index is 3.14. The summed E-state index contributed by atoms with van der Waals surface area (Å²) in [7, 11) is 0. The second kappa shape index (κ2) is 52.5. The fourth-order valence-corrected chi connectivity index (χ4v) is 8.73. The van der Waals surface area contributed by atoms with Gasteiger partial charge in [-0.15, -0.1) is 0 Å². The summed E-state index contributed by atoms with van der Waals surface area (Å²) in [5.41, 5.74) is 0. The molecule has 0 N–H and O–H groups in total. The van der Waals surface area contributed by atoms with E-state index in [1.807, 2.05) is 0 Å². The summed E-state index contributed by atoms with van der Waals surface area (Å²) in [6.45, 7) is 5.25. The fourth-order valence-electron chi connectivity index (χ4n) is 8.73. The molecule has 0 aliphatic heterocycles. The van der Waals surface area contributed by atoms with E-state index in [1.54, 1.807) is 0 Å². The van der Waals surface area contributed by atoms with E-state index < -0.39 is 0 Å². The zero-order valence-corrected chi connectivity index (χ0v) is 39.4. The Hall–Kier alpha value is -0.530. The maximum atomic E-state index is 12.1. The zero-order valence-electron chi connectivity index (χ0n) is 39.4. The molecule has 0 saturated heterocycles. The summed E-state index contributed by atoms with van der Waals surface area (Å²) in [5, 5.41) is 0. The zero-order chi connectivity index (χ0) is 40.3. The summed E-state index contributed by atoms with van der Waals surface area (Å²) in [6, 6.07) is 0. The molecule has 0 aliphatic carbocycles. The predicted octanol–water partition coefficient (Wildman–Crippen LogP) is 20.1. The smallest absolute Gasteiger partial charge is 0.305 e. The number of carbonyl (C=O) groups is 1. The molecular formula is C54H108O2. The van der Waals surface area contributed by atoms with Gasteiger partial charge in [0.05, 0.1) is 6.61 Å². The Morgan fingerprint density at radius 1 is 0.232 bits per heavy atom.